The number of benzene rings is 1. The van der Waals surface area contributed by atoms with Gasteiger partial charge in [-0.25, -0.2) is 0 Å². The third-order valence-corrected chi connectivity index (χ3v) is 5.49. The van der Waals surface area contributed by atoms with Gasteiger partial charge in [0.25, 0.3) is 0 Å². The van der Waals surface area contributed by atoms with Crippen LogP contribution in [0, 0.1) is 0 Å². The molecule has 0 N–H and O–H groups in total. The van der Waals surface area contributed by atoms with E-state index in [9.17, 15) is 0 Å². The summed E-state index contributed by atoms with van der Waals surface area (Å²) in [5.74, 6) is 0.525. The zero-order valence-corrected chi connectivity index (χ0v) is 14.0. The fourth-order valence-electron chi connectivity index (χ4n) is 3.65. The SMILES string of the molecule is ClCc1ccc(N2CCC(N3CCCCC3)CC2)c(Cl)c1. The molecule has 0 radical (unpaired) electrons. The number of alkyl halides is 1. The molecule has 2 aliphatic heterocycles. The van der Waals surface area contributed by atoms with E-state index in [1.807, 2.05) is 6.07 Å². The number of rotatable bonds is 3. The van der Waals surface area contributed by atoms with Crippen molar-refractivity contribution in [3.05, 3.63) is 28.8 Å². The van der Waals surface area contributed by atoms with Gasteiger partial charge in [0.05, 0.1) is 10.7 Å². The molecule has 0 saturated carbocycles. The molecular formula is C17H24Cl2N2. The van der Waals surface area contributed by atoms with Crippen molar-refractivity contribution < 1.29 is 0 Å². The van der Waals surface area contributed by atoms with E-state index < -0.39 is 0 Å². The van der Waals surface area contributed by atoms with Crippen LogP contribution in [0.1, 0.15) is 37.7 Å². The topological polar surface area (TPSA) is 6.48 Å². The summed E-state index contributed by atoms with van der Waals surface area (Å²) in [7, 11) is 0. The van der Waals surface area contributed by atoms with Crippen molar-refractivity contribution in [2.45, 2.75) is 44.0 Å². The molecule has 3 rings (SSSR count). The zero-order chi connectivity index (χ0) is 14.7. The lowest BCUT2D eigenvalue weighted by atomic mass is 9.99. The van der Waals surface area contributed by atoms with Gasteiger partial charge in [-0.05, 0) is 56.5 Å². The maximum atomic E-state index is 6.42. The van der Waals surface area contributed by atoms with Gasteiger partial charge < -0.3 is 9.80 Å². The van der Waals surface area contributed by atoms with Crippen LogP contribution in [0.5, 0.6) is 0 Å². The molecule has 2 nitrogen and oxygen atoms in total. The van der Waals surface area contributed by atoms with Gasteiger partial charge in [0.15, 0.2) is 0 Å². The van der Waals surface area contributed by atoms with Crippen LogP contribution in [0.4, 0.5) is 5.69 Å². The Morgan fingerprint density at radius 3 is 2.33 bits per heavy atom. The number of nitrogens with zero attached hydrogens (tertiary/aromatic N) is 2. The molecule has 1 aromatic carbocycles. The lowest BCUT2D eigenvalue weighted by Gasteiger charge is -2.41. The average Bonchev–Trinajstić information content (AvgIpc) is 2.56. The molecule has 0 aliphatic carbocycles. The van der Waals surface area contributed by atoms with E-state index in [1.54, 1.807) is 0 Å². The van der Waals surface area contributed by atoms with Crippen molar-refractivity contribution in [3.63, 3.8) is 0 Å². The van der Waals surface area contributed by atoms with Gasteiger partial charge in [-0.1, -0.05) is 24.1 Å². The smallest absolute Gasteiger partial charge is 0.0642 e. The lowest BCUT2D eigenvalue weighted by molar-refractivity contribution is 0.141. The van der Waals surface area contributed by atoms with Crippen molar-refractivity contribution in [2.24, 2.45) is 0 Å². The summed E-state index contributed by atoms with van der Waals surface area (Å²) in [5, 5.41) is 0.838. The van der Waals surface area contributed by atoms with Crippen molar-refractivity contribution in [1.82, 2.24) is 4.90 Å². The molecule has 0 spiro atoms. The van der Waals surface area contributed by atoms with Crippen LogP contribution in [0.15, 0.2) is 18.2 Å². The molecular weight excluding hydrogens is 303 g/mol. The fraction of sp³-hybridized carbons (Fsp3) is 0.647. The van der Waals surface area contributed by atoms with E-state index in [0.717, 1.165) is 29.7 Å². The van der Waals surface area contributed by atoms with E-state index in [1.165, 1.54) is 50.9 Å². The molecule has 1 aromatic rings. The largest absolute Gasteiger partial charge is 0.370 e. The summed E-state index contributed by atoms with van der Waals surface area (Å²) in [6.45, 7) is 4.83. The van der Waals surface area contributed by atoms with Gasteiger partial charge in [-0.3, -0.25) is 0 Å². The van der Waals surface area contributed by atoms with E-state index >= 15 is 0 Å². The second kappa shape index (κ2) is 7.21. The van der Waals surface area contributed by atoms with Gasteiger partial charge in [0, 0.05) is 25.0 Å². The minimum absolute atomic E-state index is 0.525. The number of hydrogen-bond acceptors (Lipinski definition) is 2. The first-order valence-electron chi connectivity index (χ1n) is 8.11. The molecule has 2 saturated heterocycles. The molecule has 21 heavy (non-hydrogen) atoms. The molecule has 0 atom stereocenters. The quantitative estimate of drug-likeness (QED) is 0.753. The highest BCUT2D eigenvalue weighted by Crippen LogP contribution is 2.31. The normalized spacial score (nSPS) is 21.7. The highest BCUT2D eigenvalue weighted by Gasteiger charge is 2.26. The summed E-state index contributed by atoms with van der Waals surface area (Å²) in [5.41, 5.74) is 2.26. The third-order valence-electron chi connectivity index (χ3n) is 4.88. The molecule has 0 unspecified atom stereocenters. The summed E-state index contributed by atoms with van der Waals surface area (Å²) >= 11 is 12.3. The highest BCUT2D eigenvalue weighted by atomic mass is 35.5. The monoisotopic (exact) mass is 326 g/mol. The van der Waals surface area contributed by atoms with Gasteiger partial charge in [-0.15, -0.1) is 11.6 Å². The van der Waals surface area contributed by atoms with Crippen molar-refractivity contribution >= 4 is 28.9 Å². The Morgan fingerprint density at radius 2 is 1.71 bits per heavy atom. The predicted octanol–water partition coefficient (Wildman–Crippen LogP) is 4.53. The second-order valence-corrected chi connectivity index (χ2v) is 6.91. The van der Waals surface area contributed by atoms with Crippen molar-refractivity contribution in [1.29, 1.82) is 0 Å². The Bertz CT molecular complexity index is 464. The maximum absolute atomic E-state index is 6.42. The summed E-state index contributed by atoms with van der Waals surface area (Å²) in [4.78, 5) is 5.14. The predicted molar refractivity (Wildman–Crippen MR) is 91.7 cm³/mol. The first-order valence-corrected chi connectivity index (χ1v) is 9.02. The number of likely N-dealkylation sites (tertiary alicyclic amines) is 1. The number of halogens is 2. The summed E-state index contributed by atoms with van der Waals surface area (Å²) in [6.07, 6.45) is 6.69. The standard InChI is InChI=1S/C17H24Cl2N2/c18-13-14-4-5-17(16(19)12-14)21-10-6-15(7-11-21)20-8-2-1-3-9-20/h4-5,12,15H,1-3,6-11,13H2. The molecule has 116 valence electrons. The number of anilines is 1. The Morgan fingerprint density at radius 1 is 1.00 bits per heavy atom. The van der Waals surface area contributed by atoms with Gasteiger partial charge in [0.2, 0.25) is 0 Å². The summed E-state index contributed by atoms with van der Waals surface area (Å²) < 4.78 is 0. The van der Waals surface area contributed by atoms with Crippen LogP contribution in [0.2, 0.25) is 5.02 Å². The van der Waals surface area contributed by atoms with Crippen LogP contribution in [-0.2, 0) is 5.88 Å². The summed E-state index contributed by atoms with van der Waals surface area (Å²) in [6, 6.07) is 7.00. The Kier molecular flexibility index (Phi) is 5.31. The van der Waals surface area contributed by atoms with E-state index in [2.05, 4.69) is 21.9 Å². The van der Waals surface area contributed by atoms with E-state index in [-0.39, 0.29) is 0 Å². The average molecular weight is 327 g/mol. The molecule has 0 aromatic heterocycles. The maximum Gasteiger partial charge on any atom is 0.0642 e. The van der Waals surface area contributed by atoms with Crippen LogP contribution in [-0.4, -0.2) is 37.1 Å². The first kappa shape index (κ1) is 15.5. The molecule has 2 fully saturated rings. The first-order chi connectivity index (χ1) is 10.3. The van der Waals surface area contributed by atoms with Crippen molar-refractivity contribution in [2.75, 3.05) is 31.1 Å². The Hall–Kier alpha value is -0.440. The zero-order valence-electron chi connectivity index (χ0n) is 12.5. The number of hydrogen-bond donors (Lipinski definition) is 0. The molecule has 0 amide bonds. The molecule has 2 aliphatic rings. The highest BCUT2D eigenvalue weighted by molar-refractivity contribution is 6.33. The van der Waals surface area contributed by atoms with E-state index in [4.69, 9.17) is 23.2 Å². The minimum atomic E-state index is 0.525. The fourth-order valence-corrected chi connectivity index (χ4v) is 4.13. The lowest BCUT2D eigenvalue weighted by Crippen LogP contribution is -2.46. The molecule has 2 heterocycles. The van der Waals surface area contributed by atoms with Crippen LogP contribution in [0.25, 0.3) is 0 Å². The molecule has 4 heteroatoms. The minimum Gasteiger partial charge on any atom is -0.370 e. The third kappa shape index (κ3) is 3.67. The van der Waals surface area contributed by atoms with Gasteiger partial charge >= 0.3 is 0 Å². The van der Waals surface area contributed by atoms with E-state index in [0.29, 0.717) is 5.88 Å². The Labute approximate surface area is 138 Å². The Balaban J connectivity index is 1.60. The van der Waals surface area contributed by atoms with Crippen LogP contribution in [0.3, 0.4) is 0 Å². The molecule has 0 bridgehead atoms. The van der Waals surface area contributed by atoms with Gasteiger partial charge in [-0.2, -0.15) is 0 Å². The van der Waals surface area contributed by atoms with Crippen LogP contribution < -0.4 is 4.90 Å². The van der Waals surface area contributed by atoms with Crippen LogP contribution >= 0.6 is 23.2 Å². The number of piperidine rings is 2. The van der Waals surface area contributed by atoms with Crippen molar-refractivity contribution in [3.8, 4) is 0 Å². The second-order valence-electron chi connectivity index (χ2n) is 6.23. The van der Waals surface area contributed by atoms with Gasteiger partial charge in [0.1, 0.15) is 0 Å².